The van der Waals surface area contributed by atoms with Crippen LogP contribution >= 0.6 is 0 Å². The average Bonchev–Trinajstić information content (AvgIpc) is 2.86. The van der Waals surface area contributed by atoms with Gasteiger partial charge >= 0.3 is 5.97 Å². The minimum Gasteiger partial charge on any atom is -0.481 e. The maximum atomic E-state index is 11.3. The number of likely N-dealkylation sites (tertiary alicyclic amines) is 1. The summed E-state index contributed by atoms with van der Waals surface area (Å²) in [6.45, 7) is 2.26. The molecule has 2 N–H and O–H groups in total. The van der Waals surface area contributed by atoms with E-state index in [2.05, 4.69) is 53.4 Å². The Kier molecular flexibility index (Phi) is 5.76. The van der Waals surface area contributed by atoms with Crippen molar-refractivity contribution in [1.29, 1.82) is 0 Å². The topological polar surface area (TPSA) is 70.0 Å². The second-order valence-electron chi connectivity index (χ2n) is 7.75. The standard InChI is InChI=1S/C23H27NO4/c25-21-11-12-24(15-20(21)23(26)27)13-14-28-22-18-7-3-1-5-16(18)9-10-17-6-2-4-8-19(17)22/h1-8,20-22,25H,9-15H2,(H,26,27). The number of hydrogen-bond donors (Lipinski definition) is 2. The predicted octanol–water partition coefficient (Wildman–Crippen LogP) is 2.66. The largest absolute Gasteiger partial charge is 0.481 e. The fourth-order valence-corrected chi connectivity index (χ4v) is 4.40. The Morgan fingerprint density at radius 3 is 2.25 bits per heavy atom. The average molecular weight is 381 g/mol. The van der Waals surface area contributed by atoms with Crippen LogP contribution in [-0.2, 0) is 22.4 Å². The first-order valence-electron chi connectivity index (χ1n) is 10.0. The number of aliphatic hydroxyl groups is 1. The van der Waals surface area contributed by atoms with Gasteiger partial charge in [0.2, 0.25) is 0 Å². The highest BCUT2D eigenvalue weighted by Crippen LogP contribution is 2.35. The summed E-state index contributed by atoms with van der Waals surface area (Å²) in [7, 11) is 0. The van der Waals surface area contributed by atoms with Crippen molar-refractivity contribution < 1.29 is 19.7 Å². The van der Waals surface area contributed by atoms with Gasteiger partial charge in [-0.25, -0.2) is 0 Å². The summed E-state index contributed by atoms with van der Waals surface area (Å²) in [5, 5.41) is 19.2. The van der Waals surface area contributed by atoms with Gasteiger partial charge in [-0.1, -0.05) is 48.5 Å². The number of piperidine rings is 1. The van der Waals surface area contributed by atoms with Gasteiger partial charge in [-0.05, 0) is 41.5 Å². The normalized spacial score (nSPS) is 22.9. The van der Waals surface area contributed by atoms with E-state index in [1.54, 1.807) is 0 Å². The van der Waals surface area contributed by atoms with Gasteiger partial charge < -0.3 is 14.9 Å². The fraction of sp³-hybridized carbons (Fsp3) is 0.435. The molecular formula is C23H27NO4. The lowest BCUT2D eigenvalue weighted by molar-refractivity contribution is -0.149. The van der Waals surface area contributed by atoms with Crippen LogP contribution in [0.1, 0.15) is 34.8 Å². The van der Waals surface area contributed by atoms with Gasteiger partial charge in [0.15, 0.2) is 0 Å². The van der Waals surface area contributed by atoms with Gasteiger partial charge in [-0.2, -0.15) is 0 Å². The first-order chi connectivity index (χ1) is 13.6. The van der Waals surface area contributed by atoms with Gasteiger partial charge in [0.1, 0.15) is 6.10 Å². The van der Waals surface area contributed by atoms with Crippen molar-refractivity contribution in [2.45, 2.75) is 31.5 Å². The lowest BCUT2D eigenvalue weighted by atomic mass is 9.95. The van der Waals surface area contributed by atoms with Crippen molar-refractivity contribution in [2.24, 2.45) is 5.92 Å². The summed E-state index contributed by atoms with van der Waals surface area (Å²) >= 11 is 0. The fourth-order valence-electron chi connectivity index (χ4n) is 4.40. The molecule has 1 aliphatic heterocycles. The maximum absolute atomic E-state index is 11.3. The van der Waals surface area contributed by atoms with Crippen molar-refractivity contribution >= 4 is 5.97 Å². The van der Waals surface area contributed by atoms with E-state index in [9.17, 15) is 15.0 Å². The molecule has 0 amide bonds. The molecule has 5 heteroatoms. The molecule has 1 fully saturated rings. The summed E-state index contributed by atoms with van der Waals surface area (Å²) in [5.74, 6) is -1.64. The number of aliphatic carboxylic acids is 1. The molecule has 2 aromatic carbocycles. The van der Waals surface area contributed by atoms with E-state index < -0.39 is 18.0 Å². The molecule has 0 radical (unpaired) electrons. The second-order valence-corrected chi connectivity index (χ2v) is 7.75. The van der Waals surface area contributed by atoms with Crippen molar-refractivity contribution in [3.8, 4) is 0 Å². The third-order valence-corrected chi connectivity index (χ3v) is 6.01. The molecule has 148 valence electrons. The van der Waals surface area contributed by atoms with E-state index in [0.717, 1.165) is 12.8 Å². The summed E-state index contributed by atoms with van der Waals surface area (Å²) in [6, 6.07) is 17.0. The Bertz CT molecular complexity index is 789. The van der Waals surface area contributed by atoms with E-state index in [1.165, 1.54) is 22.3 Å². The van der Waals surface area contributed by atoms with Gasteiger partial charge in [0.05, 0.1) is 18.6 Å². The number of carboxylic acid groups (broad SMARTS) is 1. The number of hydrogen-bond acceptors (Lipinski definition) is 4. The second kappa shape index (κ2) is 8.43. The molecule has 1 heterocycles. The van der Waals surface area contributed by atoms with E-state index in [-0.39, 0.29) is 6.10 Å². The summed E-state index contributed by atoms with van der Waals surface area (Å²) in [6.07, 6.45) is 1.66. The van der Waals surface area contributed by atoms with Crippen LogP contribution in [0.15, 0.2) is 48.5 Å². The molecule has 28 heavy (non-hydrogen) atoms. The van der Waals surface area contributed by atoms with Crippen LogP contribution in [0.5, 0.6) is 0 Å². The third-order valence-electron chi connectivity index (χ3n) is 6.01. The van der Waals surface area contributed by atoms with E-state index in [4.69, 9.17) is 4.74 Å². The molecule has 2 unspecified atom stereocenters. The molecule has 0 spiro atoms. The highest BCUT2D eigenvalue weighted by molar-refractivity contribution is 5.71. The first kappa shape index (κ1) is 19.1. The van der Waals surface area contributed by atoms with Crippen molar-refractivity contribution in [1.82, 2.24) is 4.90 Å². The molecule has 0 saturated carbocycles. The first-order valence-corrected chi connectivity index (χ1v) is 10.0. The minimum atomic E-state index is -0.926. The number of ether oxygens (including phenoxy) is 1. The zero-order valence-electron chi connectivity index (χ0n) is 16.0. The monoisotopic (exact) mass is 381 g/mol. The van der Waals surface area contributed by atoms with Crippen LogP contribution in [-0.4, -0.2) is 53.4 Å². The molecule has 0 bridgehead atoms. The number of benzene rings is 2. The highest BCUT2D eigenvalue weighted by atomic mass is 16.5. The molecule has 1 saturated heterocycles. The molecule has 0 aromatic heterocycles. The summed E-state index contributed by atoms with van der Waals surface area (Å²) in [5.41, 5.74) is 5.11. The maximum Gasteiger partial charge on any atom is 0.310 e. The van der Waals surface area contributed by atoms with E-state index >= 15 is 0 Å². The van der Waals surface area contributed by atoms with Crippen LogP contribution in [0.3, 0.4) is 0 Å². The van der Waals surface area contributed by atoms with Crippen LogP contribution in [0.4, 0.5) is 0 Å². The number of carbonyl (C=O) groups is 1. The Morgan fingerprint density at radius 2 is 1.64 bits per heavy atom. The van der Waals surface area contributed by atoms with Crippen LogP contribution in [0.25, 0.3) is 0 Å². The minimum absolute atomic E-state index is 0.0967. The number of fused-ring (bicyclic) bond motifs is 2. The van der Waals surface area contributed by atoms with Gasteiger partial charge in [0.25, 0.3) is 0 Å². The summed E-state index contributed by atoms with van der Waals surface area (Å²) in [4.78, 5) is 13.4. The van der Waals surface area contributed by atoms with Crippen molar-refractivity contribution in [2.75, 3.05) is 26.2 Å². The Balaban J connectivity index is 1.47. The van der Waals surface area contributed by atoms with Crippen LogP contribution in [0.2, 0.25) is 0 Å². The lowest BCUT2D eigenvalue weighted by Gasteiger charge is -2.34. The quantitative estimate of drug-likeness (QED) is 0.833. The van der Waals surface area contributed by atoms with Gasteiger partial charge in [-0.15, -0.1) is 0 Å². The van der Waals surface area contributed by atoms with Gasteiger partial charge in [0, 0.05) is 19.6 Å². The molecular weight excluding hydrogens is 354 g/mol. The zero-order valence-corrected chi connectivity index (χ0v) is 16.0. The number of carboxylic acids is 1. The Morgan fingerprint density at radius 1 is 1.04 bits per heavy atom. The molecule has 2 aromatic rings. The molecule has 4 rings (SSSR count). The lowest BCUT2D eigenvalue weighted by Crippen LogP contribution is -2.47. The molecule has 5 nitrogen and oxygen atoms in total. The molecule has 2 aliphatic rings. The van der Waals surface area contributed by atoms with Crippen molar-refractivity contribution in [3.05, 3.63) is 70.8 Å². The molecule has 2 atom stereocenters. The van der Waals surface area contributed by atoms with E-state index in [0.29, 0.717) is 32.7 Å². The van der Waals surface area contributed by atoms with Crippen LogP contribution in [0, 0.1) is 5.92 Å². The zero-order chi connectivity index (χ0) is 19.5. The number of nitrogens with zero attached hydrogens (tertiary/aromatic N) is 1. The Hall–Kier alpha value is -2.21. The highest BCUT2D eigenvalue weighted by Gasteiger charge is 2.33. The van der Waals surface area contributed by atoms with Crippen LogP contribution < -0.4 is 0 Å². The molecule has 1 aliphatic carbocycles. The van der Waals surface area contributed by atoms with E-state index in [1.807, 2.05) is 0 Å². The third kappa shape index (κ3) is 3.97. The van der Waals surface area contributed by atoms with Gasteiger partial charge in [-0.3, -0.25) is 9.69 Å². The SMILES string of the molecule is O=C(O)C1CN(CCOC2c3ccccc3CCc3ccccc32)CCC1O. The number of rotatable bonds is 5. The predicted molar refractivity (Wildman–Crippen MR) is 106 cm³/mol. The van der Waals surface area contributed by atoms with Crippen molar-refractivity contribution in [3.63, 3.8) is 0 Å². The smallest absolute Gasteiger partial charge is 0.310 e. The Labute approximate surface area is 165 Å². The number of aliphatic hydroxyl groups excluding tert-OH is 1. The summed E-state index contributed by atoms with van der Waals surface area (Å²) < 4.78 is 6.39. The number of aryl methyl sites for hydroxylation is 2.